The molecule has 0 aliphatic heterocycles. The number of nitrogens with zero attached hydrogens (tertiary/aromatic N) is 1. The number of thioether (sulfide) groups is 1. The summed E-state index contributed by atoms with van der Waals surface area (Å²) in [6.07, 6.45) is 0. The lowest BCUT2D eigenvalue weighted by Gasteiger charge is -2.10. The minimum atomic E-state index is -0.399. The van der Waals surface area contributed by atoms with Crippen LogP contribution in [0.5, 0.6) is 0 Å². The van der Waals surface area contributed by atoms with E-state index in [1.54, 1.807) is 0 Å². The third-order valence-electron chi connectivity index (χ3n) is 4.28. The SMILES string of the molecule is Cc1cc(C(=O)COC(=O)CSc2ccccc2)c(C)n1-c1ccc(Br)cc1. The molecule has 0 aliphatic rings. The van der Waals surface area contributed by atoms with E-state index in [4.69, 9.17) is 4.74 Å². The second-order valence-electron chi connectivity index (χ2n) is 6.28. The Labute approximate surface area is 177 Å². The molecule has 4 nitrogen and oxygen atoms in total. The second kappa shape index (κ2) is 9.26. The quantitative estimate of drug-likeness (QED) is 0.271. The van der Waals surface area contributed by atoms with Crippen molar-refractivity contribution in [3.05, 3.63) is 82.1 Å². The number of carbonyl (C=O) groups excluding carboxylic acids is 2. The van der Waals surface area contributed by atoms with Crippen molar-refractivity contribution < 1.29 is 14.3 Å². The van der Waals surface area contributed by atoms with Crippen LogP contribution >= 0.6 is 27.7 Å². The first-order valence-corrected chi connectivity index (χ1v) is 10.5. The molecule has 0 bridgehead atoms. The average molecular weight is 458 g/mol. The van der Waals surface area contributed by atoms with Crippen molar-refractivity contribution in [1.82, 2.24) is 4.57 Å². The number of halogens is 1. The van der Waals surface area contributed by atoms with E-state index in [9.17, 15) is 9.59 Å². The summed E-state index contributed by atoms with van der Waals surface area (Å²) < 4.78 is 8.20. The Balaban J connectivity index is 1.62. The highest BCUT2D eigenvalue weighted by molar-refractivity contribution is 9.10. The van der Waals surface area contributed by atoms with E-state index >= 15 is 0 Å². The number of ether oxygens (including phenoxy) is 1. The van der Waals surface area contributed by atoms with Gasteiger partial charge in [0.2, 0.25) is 5.78 Å². The number of aryl methyl sites for hydroxylation is 1. The molecule has 0 radical (unpaired) electrons. The fourth-order valence-corrected chi connectivity index (χ4v) is 3.94. The molecule has 3 aromatic rings. The largest absolute Gasteiger partial charge is 0.457 e. The van der Waals surface area contributed by atoms with Gasteiger partial charge in [-0.25, -0.2) is 0 Å². The molecule has 28 heavy (non-hydrogen) atoms. The van der Waals surface area contributed by atoms with Crippen LogP contribution in [-0.2, 0) is 9.53 Å². The number of ketones is 1. The molecule has 0 amide bonds. The maximum Gasteiger partial charge on any atom is 0.316 e. The van der Waals surface area contributed by atoms with Gasteiger partial charge in [0.15, 0.2) is 6.61 Å². The van der Waals surface area contributed by atoms with Gasteiger partial charge in [0.05, 0.1) is 5.75 Å². The lowest BCUT2D eigenvalue weighted by atomic mass is 10.1. The zero-order chi connectivity index (χ0) is 20.1. The Kier molecular flexibility index (Phi) is 6.75. The van der Waals surface area contributed by atoms with Crippen molar-refractivity contribution in [1.29, 1.82) is 0 Å². The van der Waals surface area contributed by atoms with Crippen LogP contribution in [0.3, 0.4) is 0 Å². The molecule has 1 aromatic heterocycles. The molecule has 1 heterocycles. The lowest BCUT2D eigenvalue weighted by molar-refractivity contribution is -0.139. The summed E-state index contributed by atoms with van der Waals surface area (Å²) in [7, 11) is 0. The molecule has 0 aliphatic carbocycles. The van der Waals surface area contributed by atoms with Crippen LogP contribution < -0.4 is 0 Å². The van der Waals surface area contributed by atoms with Crippen LogP contribution in [-0.4, -0.2) is 28.7 Å². The van der Waals surface area contributed by atoms with E-state index < -0.39 is 5.97 Å². The second-order valence-corrected chi connectivity index (χ2v) is 8.25. The molecular formula is C22H20BrNO3S. The van der Waals surface area contributed by atoms with Gasteiger partial charge in [0, 0.05) is 32.0 Å². The normalized spacial score (nSPS) is 10.7. The van der Waals surface area contributed by atoms with Gasteiger partial charge in [-0.1, -0.05) is 34.1 Å². The Bertz CT molecular complexity index is 981. The smallest absolute Gasteiger partial charge is 0.316 e. The van der Waals surface area contributed by atoms with Crippen molar-refractivity contribution in [3.8, 4) is 5.69 Å². The summed E-state index contributed by atoms with van der Waals surface area (Å²) in [6, 6.07) is 19.3. The summed E-state index contributed by atoms with van der Waals surface area (Å²) in [4.78, 5) is 25.5. The van der Waals surface area contributed by atoms with Gasteiger partial charge >= 0.3 is 5.97 Å². The van der Waals surface area contributed by atoms with Crippen molar-refractivity contribution in [3.63, 3.8) is 0 Å². The van der Waals surface area contributed by atoms with E-state index in [0.717, 1.165) is 26.4 Å². The molecule has 144 valence electrons. The monoisotopic (exact) mass is 457 g/mol. The predicted molar refractivity (Wildman–Crippen MR) is 115 cm³/mol. The first-order valence-electron chi connectivity index (χ1n) is 8.77. The number of benzene rings is 2. The Morgan fingerprint density at radius 1 is 1.04 bits per heavy atom. The standard InChI is InChI=1S/C22H20BrNO3S/c1-15-12-20(16(2)24(15)18-10-8-17(23)9-11-18)21(25)13-27-22(26)14-28-19-6-4-3-5-7-19/h3-12H,13-14H2,1-2H3. The number of carbonyl (C=O) groups is 2. The number of rotatable bonds is 7. The topological polar surface area (TPSA) is 48.3 Å². The maximum atomic E-state index is 12.6. The molecule has 0 saturated heterocycles. The number of esters is 1. The van der Waals surface area contributed by atoms with E-state index in [1.807, 2.05) is 79.1 Å². The molecule has 2 aromatic carbocycles. The third kappa shape index (κ3) is 4.94. The van der Waals surface area contributed by atoms with Crippen LogP contribution in [0.4, 0.5) is 0 Å². The van der Waals surface area contributed by atoms with Gasteiger partial charge in [-0.3, -0.25) is 9.59 Å². The zero-order valence-electron chi connectivity index (χ0n) is 15.6. The average Bonchev–Trinajstić information content (AvgIpc) is 3.00. The summed E-state index contributed by atoms with van der Waals surface area (Å²) >= 11 is 4.82. The number of hydrogen-bond donors (Lipinski definition) is 0. The Hall–Kier alpha value is -2.31. The van der Waals surface area contributed by atoms with Crippen molar-refractivity contribution in [2.75, 3.05) is 12.4 Å². The summed E-state index contributed by atoms with van der Waals surface area (Å²) in [6.45, 7) is 3.60. The molecule has 0 N–H and O–H groups in total. The van der Waals surface area contributed by atoms with Crippen LogP contribution in [0.25, 0.3) is 5.69 Å². The number of Topliss-reactive ketones (excluding diaryl/α,β-unsaturated/α-hetero) is 1. The third-order valence-corrected chi connectivity index (χ3v) is 5.79. The van der Waals surface area contributed by atoms with Gasteiger partial charge in [0.25, 0.3) is 0 Å². The van der Waals surface area contributed by atoms with Crippen LogP contribution in [0.2, 0.25) is 0 Å². The molecule has 3 rings (SSSR count). The zero-order valence-corrected chi connectivity index (χ0v) is 18.0. The van der Waals surface area contributed by atoms with Gasteiger partial charge in [0.1, 0.15) is 0 Å². The molecule has 0 saturated carbocycles. The molecule has 0 fully saturated rings. The molecule has 0 spiro atoms. The molecular weight excluding hydrogens is 438 g/mol. The van der Waals surface area contributed by atoms with E-state index in [1.165, 1.54) is 11.8 Å². The van der Waals surface area contributed by atoms with Gasteiger partial charge in [-0.2, -0.15) is 0 Å². The van der Waals surface area contributed by atoms with E-state index in [-0.39, 0.29) is 18.1 Å². The predicted octanol–water partition coefficient (Wildman–Crippen LogP) is 5.37. The van der Waals surface area contributed by atoms with E-state index in [0.29, 0.717) is 5.56 Å². The van der Waals surface area contributed by atoms with Crippen LogP contribution in [0.15, 0.2) is 70.0 Å². The van der Waals surface area contributed by atoms with Gasteiger partial charge in [-0.15, -0.1) is 11.8 Å². The first kappa shape index (κ1) is 20.4. The van der Waals surface area contributed by atoms with Crippen LogP contribution in [0.1, 0.15) is 21.7 Å². The first-order chi connectivity index (χ1) is 13.5. The summed E-state index contributed by atoms with van der Waals surface area (Å²) in [5.74, 6) is -0.423. The van der Waals surface area contributed by atoms with Crippen LogP contribution in [0, 0.1) is 13.8 Å². The minimum Gasteiger partial charge on any atom is -0.457 e. The highest BCUT2D eigenvalue weighted by atomic mass is 79.9. The van der Waals surface area contributed by atoms with Crippen molar-refractivity contribution >= 4 is 39.4 Å². The highest BCUT2D eigenvalue weighted by Gasteiger charge is 2.18. The van der Waals surface area contributed by atoms with Gasteiger partial charge in [-0.05, 0) is 56.3 Å². The highest BCUT2D eigenvalue weighted by Crippen LogP contribution is 2.23. The minimum absolute atomic E-state index is 0.176. The number of aromatic nitrogens is 1. The summed E-state index contributed by atoms with van der Waals surface area (Å²) in [5, 5.41) is 0. The van der Waals surface area contributed by atoms with Gasteiger partial charge < -0.3 is 9.30 Å². The molecule has 0 atom stereocenters. The fraction of sp³-hybridized carbons (Fsp3) is 0.182. The lowest BCUT2D eigenvalue weighted by Crippen LogP contribution is -2.16. The fourth-order valence-electron chi connectivity index (χ4n) is 2.96. The van der Waals surface area contributed by atoms with Crippen molar-refractivity contribution in [2.24, 2.45) is 0 Å². The summed E-state index contributed by atoms with van der Waals surface area (Å²) in [5.41, 5.74) is 3.34. The van der Waals surface area contributed by atoms with E-state index in [2.05, 4.69) is 15.9 Å². The van der Waals surface area contributed by atoms with Crippen molar-refractivity contribution in [2.45, 2.75) is 18.7 Å². The maximum absolute atomic E-state index is 12.6. The molecule has 0 unspecified atom stereocenters. The Morgan fingerprint density at radius 2 is 1.71 bits per heavy atom. The molecule has 6 heteroatoms. The Morgan fingerprint density at radius 3 is 2.39 bits per heavy atom. The number of hydrogen-bond acceptors (Lipinski definition) is 4.